The maximum atomic E-state index is 12.4. The molecule has 5 nitrogen and oxygen atoms in total. The van der Waals surface area contributed by atoms with Crippen LogP contribution in [0.1, 0.15) is 23.2 Å². The van der Waals surface area contributed by atoms with E-state index in [2.05, 4.69) is 4.98 Å². The van der Waals surface area contributed by atoms with Gasteiger partial charge in [-0.25, -0.2) is 4.79 Å². The van der Waals surface area contributed by atoms with E-state index in [1.807, 2.05) is 17.0 Å². The lowest BCUT2D eigenvalue weighted by atomic mass is 10.1. The lowest BCUT2D eigenvalue weighted by Crippen LogP contribution is -2.28. The normalized spacial score (nSPS) is 15.5. The lowest BCUT2D eigenvalue weighted by molar-refractivity contribution is 0.0794. The van der Waals surface area contributed by atoms with E-state index in [0.717, 1.165) is 25.9 Å². The van der Waals surface area contributed by atoms with Crippen molar-refractivity contribution in [3.05, 3.63) is 34.2 Å². The Labute approximate surface area is 104 Å². The summed E-state index contributed by atoms with van der Waals surface area (Å²) >= 11 is 0. The van der Waals surface area contributed by atoms with E-state index in [-0.39, 0.29) is 11.6 Å². The van der Waals surface area contributed by atoms with Crippen LogP contribution in [-0.2, 0) is 7.05 Å². The Kier molecular flexibility index (Phi) is 2.47. The van der Waals surface area contributed by atoms with Crippen LogP contribution in [-0.4, -0.2) is 33.4 Å². The molecule has 1 fully saturated rings. The molecular formula is C13H15N3O2. The van der Waals surface area contributed by atoms with Crippen molar-refractivity contribution in [1.29, 1.82) is 0 Å². The summed E-state index contributed by atoms with van der Waals surface area (Å²) in [6.07, 6.45) is 2.13. The van der Waals surface area contributed by atoms with E-state index in [9.17, 15) is 9.59 Å². The molecule has 0 atom stereocenters. The number of amides is 1. The molecule has 1 aromatic carbocycles. The molecule has 0 saturated carbocycles. The Balaban J connectivity index is 2.16. The van der Waals surface area contributed by atoms with Gasteiger partial charge in [-0.2, -0.15) is 0 Å². The van der Waals surface area contributed by atoms with Gasteiger partial charge in [-0.3, -0.25) is 9.36 Å². The number of nitrogens with one attached hydrogen (secondary N) is 1. The molecule has 2 heterocycles. The summed E-state index contributed by atoms with van der Waals surface area (Å²) in [7, 11) is 1.68. The summed E-state index contributed by atoms with van der Waals surface area (Å²) < 4.78 is 1.50. The van der Waals surface area contributed by atoms with Gasteiger partial charge in [-0.15, -0.1) is 0 Å². The number of hydrogen-bond acceptors (Lipinski definition) is 2. The largest absolute Gasteiger partial charge is 0.339 e. The molecule has 0 spiro atoms. The first-order valence-electron chi connectivity index (χ1n) is 6.15. The van der Waals surface area contributed by atoms with Crippen LogP contribution >= 0.6 is 0 Å². The summed E-state index contributed by atoms with van der Waals surface area (Å²) in [6.45, 7) is 1.63. The van der Waals surface area contributed by atoms with Crippen molar-refractivity contribution < 1.29 is 4.79 Å². The highest BCUT2D eigenvalue weighted by Crippen LogP contribution is 2.19. The zero-order valence-electron chi connectivity index (χ0n) is 10.3. The maximum Gasteiger partial charge on any atom is 0.326 e. The molecule has 1 aliphatic rings. The standard InChI is InChI=1S/C13H15N3O2/c1-15-11-9(12(17)16-7-2-3-8-16)5-4-6-10(11)14-13(15)18/h4-6H,2-3,7-8H2,1H3,(H,14,18). The number of imidazole rings is 1. The second-order valence-electron chi connectivity index (χ2n) is 4.69. The molecule has 1 saturated heterocycles. The molecule has 1 N–H and O–H groups in total. The van der Waals surface area contributed by atoms with E-state index in [1.165, 1.54) is 4.57 Å². The summed E-state index contributed by atoms with van der Waals surface area (Å²) in [5.41, 5.74) is 1.83. The molecule has 0 unspecified atom stereocenters. The zero-order valence-corrected chi connectivity index (χ0v) is 10.3. The van der Waals surface area contributed by atoms with Crippen LogP contribution in [0.3, 0.4) is 0 Å². The van der Waals surface area contributed by atoms with Crippen molar-refractivity contribution in [2.45, 2.75) is 12.8 Å². The predicted octanol–water partition coefficient (Wildman–Crippen LogP) is 1.10. The van der Waals surface area contributed by atoms with Crippen molar-refractivity contribution in [3.63, 3.8) is 0 Å². The minimum absolute atomic E-state index is 0.0210. The molecule has 3 rings (SSSR count). The fourth-order valence-electron chi connectivity index (χ4n) is 2.57. The molecule has 0 aliphatic carbocycles. The highest BCUT2D eigenvalue weighted by Gasteiger charge is 2.22. The zero-order chi connectivity index (χ0) is 12.7. The number of H-pyrrole nitrogens is 1. The number of fused-ring (bicyclic) bond motifs is 1. The number of carbonyl (C=O) groups excluding carboxylic acids is 1. The minimum atomic E-state index is -0.188. The van der Waals surface area contributed by atoms with Gasteiger partial charge in [-0.1, -0.05) is 6.07 Å². The van der Waals surface area contributed by atoms with Gasteiger partial charge >= 0.3 is 5.69 Å². The second kappa shape index (κ2) is 4.01. The smallest absolute Gasteiger partial charge is 0.326 e. The number of likely N-dealkylation sites (tertiary alicyclic amines) is 1. The van der Waals surface area contributed by atoms with Crippen LogP contribution in [0.2, 0.25) is 0 Å². The third kappa shape index (κ3) is 1.54. The van der Waals surface area contributed by atoms with Gasteiger partial charge in [0.2, 0.25) is 0 Å². The summed E-state index contributed by atoms with van der Waals surface area (Å²) in [6, 6.07) is 5.41. The van der Waals surface area contributed by atoms with Crippen molar-refractivity contribution >= 4 is 16.9 Å². The third-order valence-electron chi connectivity index (χ3n) is 3.54. The van der Waals surface area contributed by atoms with Gasteiger partial charge in [0, 0.05) is 20.1 Å². The van der Waals surface area contributed by atoms with E-state index < -0.39 is 0 Å². The Morgan fingerprint density at radius 3 is 2.72 bits per heavy atom. The first-order chi connectivity index (χ1) is 8.68. The van der Waals surface area contributed by atoms with Crippen LogP contribution in [0.4, 0.5) is 0 Å². The van der Waals surface area contributed by atoms with Crippen molar-refractivity contribution in [3.8, 4) is 0 Å². The number of para-hydroxylation sites is 1. The molecule has 2 aromatic rings. The van der Waals surface area contributed by atoms with Crippen LogP contribution in [0.5, 0.6) is 0 Å². The Morgan fingerprint density at radius 1 is 1.28 bits per heavy atom. The second-order valence-corrected chi connectivity index (χ2v) is 4.69. The van der Waals surface area contributed by atoms with Crippen molar-refractivity contribution in [2.75, 3.05) is 13.1 Å². The number of hydrogen-bond donors (Lipinski definition) is 1. The Hall–Kier alpha value is -2.04. The number of aryl methyl sites for hydroxylation is 1. The first kappa shape index (κ1) is 11.1. The van der Waals surface area contributed by atoms with E-state index >= 15 is 0 Å². The topological polar surface area (TPSA) is 58.1 Å². The fourth-order valence-corrected chi connectivity index (χ4v) is 2.57. The van der Waals surface area contributed by atoms with Gasteiger partial charge in [0.25, 0.3) is 5.91 Å². The molecule has 0 bridgehead atoms. The van der Waals surface area contributed by atoms with E-state index in [4.69, 9.17) is 0 Å². The molecule has 94 valence electrons. The number of carbonyl (C=O) groups is 1. The molecule has 18 heavy (non-hydrogen) atoms. The molecule has 1 aliphatic heterocycles. The van der Waals surface area contributed by atoms with E-state index in [0.29, 0.717) is 16.6 Å². The van der Waals surface area contributed by atoms with Gasteiger partial charge in [0.15, 0.2) is 0 Å². The summed E-state index contributed by atoms with van der Waals surface area (Å²) in [4.78, 5) is 28.6. The van der Waals surface area contributed by atoms with Gasteiger partial charge < -0.3 is 9.88 Å². The Bertz CT molecular complexity index is 662. The maximum absolute atomic E-state index is 12.4. The van der Waals surface area contributed by atoms with Gasteiger partial charge in [0.1, 0.15) is 0 Å². The van der Waals surface area contributed by atoms with Gasteiger partial charge in [-0.05, 0) is 25.0 Å². The van der Waals surface area contributed by atoms with Crippen LogP contribution < -0.4 is 5.69 Å². The average molecular weight is 245 g/mol. The third-order valence-corrected chi connectivity index (χ3v) is 3.54. The highest BCUT2D eigenvalue weighted by molar-refractivity contribution is 6.05. The molecule has 5 heteroatoms. The summed E-state index contributed by atoms with van der Waals surface area (Å²) in [5.74, 6) is 0.0210. The number of aromatic amines is 1. The van der Waals surface area contributed by atoms with Gasteiger partial charge in [0.05, 0.1) is 16.6 Å². The quantitative estimate of drug-likeness (QED) is 0.818. The van der Waals surface area contributed by atoms with E-state index in [1.54, 1.807) is 13.1 Å². The van der Waals surface area contributed by atoms with Crippen molar-refractivity contribution in [1.82, 2.24) is 14.5 Å². The van der Waals surface area contributed by atoms with Crippen LogP contribution in [0.25, 0.3) is 11.0 Å². The number of aromatic nitrogens is 2. The SMILES string of the molecule is Cn1c(=O)[nH]c2cccc(C(=O)N3CCCC3)c21. The molecule has 1 aromatic heterocycles. The average Bonchev–Trinajstić information content (AvgIpc) is 2.98. The Morgan fingerprint density at radius 2 is 2.00 bits per heavy atom. The summed E-state index contributed by atoms with van der Waals surface area (Å²) in [5, 5.41) is 0. The minimum Gasteiger partial charge on any atom is -0.339 e. The van der Waals surface area contributed by atoms with Crippen molar-refractivity contribution in [2.24, 2.45) is 7.05 Å². The fraction of sp³-hybridized carbons (Fsp3) is 0.385. The molecular weight excluding hydrogens is 230 g/mol. The van der Waals surface area contributed by atoms with Crippen LogP contribution in [0, 0.1) is 0 Å². The molecule has 0 radical (unpaired) electrons. The monoisotopic (exact) mass is 245 g/mol. The predicted molar refractivity (Wildman–Crippen MR) is 68.7 cm³/mol. The number of benzene rings is 1. The molecule has 1 amide bonds. The number of rotatable bonds is 1. The van der Waals surface area contributed by atoms with Crippen LogP contribution in [0.15, 0.2) is 23.0 Å². The lowest BCUT2D eigenvalue weighted by Gasteiger charge is -2.15. The number of nitrogens with zero attached hydrogens (tertiary/aromatic N) is 2. The first-order valence-corrected chi connectivity index (χ1v) is 6.15. The highest BCUT2D eigenvalue weighted by atomic mass is 16.2.